The third-order valence-electron chi connectivity index (χ3n) is 3.64. The van der Waals surface area contributed by atoms with Crippen LogP contribution >= 0.6 is 0 Å². The summed E-state index contributed by atoms with van der Waals surface area (Å²) in [6.07, 6.45) is 5.18. The van der Waals surface area contributed by atoms with Gasteiger partial charge in [0.1, 0.15) is 5.82 Å². The molecular weight excluding hydrogens is 212 g/mol. The largest absolute Gasteiger partial charge is 0.394 e. The number of aliphatic hydroxyl groups excluding tert-OH is 1. The van der Waals surface area contributed by atoms with Crippen LogP contribution in [0.2, 0.25) is 0 Å². The molecule has 3 heteroatoms. The van der Waals surface area contributed by atoms with E-state index in [2.05, 4.69) is 37.1 Å². The van der Waals surface area contributed by atoms with Crippen LogP contribution in [-0.2, 0) is 5.41 Å². The monoisotopic (exact) mass is 234 g/mol. The van der Waals surface area contributed by atoms with Crippen LogP contribution in [0, 0.1) is 0 Å². The lowest BCUT2D eigenvalue weighted by atomic mass is 9.77. The van der Waals surface area contributed by atoms with Gasteiger partial charge in [-0.1, -0.05) is 26.8 Å². The van der Waals surface area contributed by atoms with Crippen LogP contribution < -0.4 is 5.32 Å². The highest BCUT2D eigenvalue weighted by atomic mass is 16.3. The minimum absolute atomic E-state index is 0.115. The average molecular weight is 234 g/mol. The molecule has 2 N–H and O–H groups in total. The van der Waals surface area contributed by atoms with E-state index >= 15 is 0 Å². The zero-order valence-corrected chi connectivity index (χ0v) is 11.0. The fourth-order valence-corrected chi connectivity index (χ4v) is 2.11. The molecule has 0 spiro atoms. The van der Waals surface area contributed by atoms with Gasteiger partial charge < -0.3 is 10.4 Å². The van der Waals surface area contributed by atoms with Gasteiger partial charge in [-0.3, -0.25) is 0 Å². The van der Waals surface area contributed by atoms with Crippen molar-refractivity contribution in [3.05, 3.63) is 23.9 Å². The smallest absolute Gasteiger partial charge is 0.126 e. The minimum Gasteiger partial charge on any atom is -0.394 e. The summed E-state index contributed by atoms with van der Waals surface area (Å²) >= 11 is 0. The molecule has 0 saturated heterocycles. The summed E-state index contributed by atoms with van der Waals surface area (Å²) in [5.74, 6) is 0.867. The second kappa shape index (κ2) is 4.30. The molecule has 1 saturated carbocycles. The van der Waals surface area contributed by atoms with Gasteiger partial charge in [-0.05, 0) is 36.3 Å². The zero-order chi connectivity index (χ0) is 12.5. The van der Waals surface area contributed by atoms with Gasteiger partial charge in [0.05, 0.1) is 12.1 Å². The third-order valence-corrected chi connectivity index (χ3v) is 3.64. The Morgan fingerprint density at radius 3 is 2.41 bits per heavy atom. The molecule has 1 heterocycles. The molecule has 1 aromatic heterocycles. The first-order valence-electron chi connectivity index (χ1n) is 6.31. The highest BCUT2D eigenvalue weighted by Gasteiger charge is 2.36. The summed E-state index contributed by atoms with van der Waals surface area (Å²) in [6, 6.07) is 4.12. The zero-order valence-electron chi connectivity index (χ0n) is 11.0. The summed E-state index contributed by atoms with van der Waals surface area (Å²) in [5.41, 5.74) is 1.25. The van der Waals surface area contributed by atoms with Gasteiger partial charge in [0.25, 0.3) is 0 Å². The number of hydrogen-bond donors (Lipinski definition) is 2. The number of aromatic nitrogens is 1. The quantitative estimate of drug-likeness (QED) is 0.845. The molecule has 0 aromatic carbocycles. The van der Waals surface area contributed by atoms with Crippen LogP contribution in [0.4, 0.5) is 5.82 Å². The molecule has 0 unspecified atom stereocenters. The number of anilines is 1. The molecule has 3 nitrogen and oxygen atoms in total. The van der Waals surface area contributed by atoms with Crippen molar-refractivity contribution in [2.45, 2.75) is 51.0 Å². The van der Waals surface area contributed by atoms with Crippen molar-refractivity contribution < 1.29 is 5.11 Å². The second-order valence-corrected chi connectivity index (χ2v) is 6.10. The summed E-state index contributed by atoms with van der Waals surface area (Å²) < 4.78 is 0. The molecule has 1 aromatic rings. The number of nitrogens with zero attached hydrogens (tertiary/aromatic N) is 1. The molecule has 0 amide bonds. The van der Waals surface area contributed by atoms with Gasteiger partial charge in [0.2, 0.25) is 0 Å². The van der Waals surface area contributed by atoms with Crippen molar-refractivity contribution in [2.75, 3.05) is 11.9 Å². The first kappa shape index (κ1) is 12.4. The van der Waals surface area contributed by atoms with Gasteiger partial charge in [-0.2, -0.15) is 0 Å². The SMILES string of the molecule is CC(C)(C)c1ccc(NC2(CO)CCC2)nc1. The standard InChI is InChI=1S/C14H22N2O/c1-13(2,3)11-5-6-12(15-9-11)16-14(10-17)7-4-8-14/h5-6,9,17H,4,7-8,10H2,1-3H3,(H,15,16). The third kappa shape index (κ3) is 2.60. The maximum atomic E-state index is 9.39. The second-order valence-electron chi connectivity index (χ2n) is 6.10. The topological polar surface area (TPSA) is 45.1 Å². The summed E-state index contributed by atoms with van der Waals surface area (Å²) in [4.78, 5) is 4.44. The number of hydrogen-bond acceptors (Lipinski definition) is 3. The number of rotatable bonds is 3. The summed E-state index contributed by atoms with van der Waals surface area (Å²) in [7, 11) is 0. The Kier molecular flexibility index (Phi) is 3.13. The maximum absolute atomic E-state index is 9.39. The molecule has 0 aliphatic heterocycles. The van der Waals surface area contributed by atoms with Crippen LogP contribution in [0.3, 0.4) is 0 Å². The van der Waals surface area contributed by atoms with Gasteiger partial charge >= 0.3 is 0 Å². The predicted octanol–water partition coefficient (Wildman–Crippen LogP) is 2.71. The van der Waals surface area contributed by atoms with Crippen molar-refractivity contribution in [2.24, 2.45) is 0 Å². The van der Waals surface area contributed by atoms with Gasteiger partial charge in [-0.25, -0.2) is 4.98 Å². The number of nitrogens with one attached hydrogen (secondary N) is 1. The number of pyridine rings is 1. The predicted molar refractivity (Wildman–Crippen MR) is 70.2 cm³/mol. The van der Waals surface area contributed by atoms with Crippen molar-refractivity contribution in [3.8, 4) is 0 Å². The molecule has 0 bridgehead atoms. The van der Waals surface area contributed by atoms with Gasteiger partial charge in [0, 0.05) is 6.20 Å². The van der Waals surface area contributed by atoms with Crippen molar-refractivity contribution in [1.29, 1.82) is 0 Å². The van der Waals surface area contributed by atoms with E-state index in [0.29, 0.717) is 0 Å². The average Bonchev–Trinajstić information content (AvgIpc) is 2.23. The maximum Gasteiger partial charge on any atom is 0.126 e. The first-order valence-corrected chi connectivity index (χ1v) is 6.31. The lowest BCUT2D eigenvalue weighted by molar-refractivity contribution is 0.144. The Bertz CT molecular complexity index is 369. The molecule has 1 fully saturated rings. The van der Waals surface area contributed by atoms with E-state index in [-0.39, 0.29) is 17.6 Å². The van der Waals surface area contributed by atoms with E-state index in [1.165, 1.54) is 12.0 Å². The fraction of sp³-hybridized carbons (Fsp3) is 0.643. The molecule has 1 aliphatic carbocycles. The first-order chi connectivity index (χ1) is 7.95. The highest BCUT2D eigenvalue weighted by molar-refractivity contribution is 5.40. The molecule has 17 heavy (non-hydrogen) atoms. The summed E-state index contributed by atoms with van der Waals surface area (Å²) in [5, 5.41) is 12.8. The van der Waals surface area contributed by atoms with E-state index in [1.807, 2.05) is 12.3 Å². The normalized spacial score (nSPS) is 18.6. The van der Waals surface area contributed by atoms with E-state index in [1.54, 1.807) is 0 Å². The van der Waals surface area contributed by atoms with Crippen molar-refractivity contribution in [3.63, 3.8) is 0 Å². The molecule has 0 atom stereocenters. The molecule has 1 aliphatic rings. The van der Waals surface area contributed by atoms with Crippen LogP contribution in [0.1, 0.15) is 45.6 Å². The van der Waals surface area contributed by atoms with Crippen LogP contribution in [-0.4, -0.2) is 22.2 Å². The fourth-order valence-electron chi connectivity index (χ4n) is 2.11. The molecule has 0 radical (unpaired) electrons. The Morgan fingerprint density at radius 1 is 1.35 bits per heavy atom. The molecule has 2 rings (SSSR count). The van der Waals surface area contributed by atoms with Crippen molar-refractivity contribution >= 4 is 5.82 Å². The molecule has 94 valence electrons. The Labute approximate surface area is 103 Å². The minimum atomic E-state index is -0.115. The van der Waals surface area contributed by atoms with E-state index in [9.17, 15) is 5.11 Å². The van der Waals surface area contributed by atoms with E-state index in [4.69, 9.17) is 0 Å². The Morgan fingerprint density at radius 2 is 2.06 bits per heavy atom. The van der Waals surface area contributed by atoms with Gasteiger partial charge in [-0.15, -0.1) is 0 Å². The van der Waals surface area contributed by atoms with Gasteiger partial charge in [0.15, 0.2) is 0 Å². The van der Waals surface area contributed by atoms with E-state index in [0.717, 1.165) is 18.7 Å². The van der Waals surface area contributed by atoms with Crippen LogP contribution in [0.25, 0.3) is 0 Å². The Hall–Kier alpha value is -1.09. The van der Waals surface area contributed by atoms with Crippen LogP contribution in [0.15, 0.2) is 18.3 Å². The lowest BCUT2D eigenvalue weighted by Crippen LogP contribution is -2.48. The lowest BCUT2D eigenvalue weighted by Gasteiger charge is -2.41. The van der Waals surface area contributed by atoms with E-state index < -0.39 is 0 Å². The summed E-state index contributed by atoms with van der Waals surface area (Å²) in [6.45, 7) is 6.73. The van der Waals surface area contributed by atoms with Crippen LogP contribution in [0.5, 0.6) is 0 Å². The molecular formula is C14H22N2O. The van der Waals surface area contributed by atoms with Crippen molar-refractivity contribution in [1.82, 2.24) is 4.98 Å². The highest BCUT2D eigenvalue weighted by Crippen LogP contribution is 2.34. The Balaban J connectivity index is 2.08. The number of aliphatic hydroxyl groups is 1.